The van der Waals surface area contributed by atoms with Crippen molar-refractivity contribution in [3.63, 3.8) is 0 Å². The lowest BCUT2D eigenvalue weighted by atomic mass is 10.2. The third kappa shape index (κ3) is 2.72. The Labute approximate surface area is 103 Å². The average Bonchev–Trinajstić information content (AvgIpc) is 2.20. The molecular formula is C10H12ClFN4O. The molecule has 1 rings (SSSR count). The first-order valence-electron chi connectivity index (χ1n) is 4.68. The molecule has 0 spiro atoms. The van der Waals surface area contributed by atoms with Gasteiger partial charge in [0, 0.05) is 18.8 Å². The summed E-state index contributed by atoms with van der Waals surface area (Å²) in [6.07, 6.45) is 1.28. The Morgan fingerprint density at radius 2 is 2.12 bits per heavy atom. The van der Waals surface area contributed by atoms with E-state index in [9.17, 15) is 9.18 Å². The topological polar surface area (TPSA) is 85.2 Å². The monoisotopic (exact) mass is 258 g/mol. The van der Waals surface area contributed by atoms with E-state index in [1.807, 2.05) is 0 Å². The second kappa shape index (κ2) is 5.11. The third-order valence-electron chi connectivity index (χ3n) is 2.03. The van der Waals surface area contributed by atoms with Gasteiger partial charge in [0.1, 0.15) is 5.70 Å². The van der Waals surface area contributed by atoms with Crippen LogP contribution in [0.5, 0.6) is 0 Å². The predicted molar refractivity (Wildman–Crippen MR) is 63.4 cm³/mol. The molecule has 0 bridgehead atoms. The van der Waals surface area contributed by atoms with Crippen LogP contribution >= 0.6 is 11.6 Å². The van der Waals surface area contributed by atoms with Gasteiger partial charge in [-0.3, -0.25) is 9.80 Å². The number of hydrogen-bond acceptors (Lipinski definition) is 5. The molecule has 7 heteroatoms. The first-order chi connectivity index (χ1) is 7.86. The zero-order valence-electron chi connectivity index (χ0n) is 9.37. The molecule has 17 heavy (non-hydrogen) atoms. The summed E-state index contributed by atoms with van der Waals surface area (Å²) in [5.41, 5.74) is 5.65. The normalized spacial score (nSPS) is 12.1. The summed E-state index contributed by atoms with van der Waals surface area (Å²) in [4.78, 5) is 14.9. The standard InChI is InChI=1S/C10H12ClFN4O/c1-5(13)9(6(2)17)16(14)7-3-4-15-10(11)8(7)12/h3-4H,13-14H2,1-2H3/b9-5-. The fourth-order valence-electron chi connectivity index (χ4n) is 1.35. The lowest BCUT2D eigenvalue weighted by Crippen LogP contribution is -2.36. The van der Waals surface area contributed by atoms with Crippen molar-refractivity contribution >= 4 is 23.1 Å². The smallest absolute Gasteiger partial charge is 0.185 e. The fraction of sp³-hybridized carbons (Fsp3) is 0.200. The van der Waals surface area contributed by atoms with Gasteiger partial charge < -0.3 is 5.73 Å². The van der Waals surface area contributed by atoms with Crippen molar-refractivity contribution in [3.8, 4) is 0 Å². The van der Waals surface area contributed by atoms with Crippen molar-refractivity contribution < 1.29 is 9.18 Å². The van der Waals surface area contributed by atoms with Gasteiger partial charge in [-0.05, 0) is 13.0 Å². The fourth-order valence-corrected chi connectivity index (χ4v) is 1.51. The number of nitrogens with zero attached hydrogens (tertiary/aromatic N) is 2. The van der Waals surface area contributed by atoms with Crippen LogP contribution in [0, 0.1) is 5.82 Å². The number of hydrazine groups is 1. The number of allylic oxidation sites excluding steroid dienone is 2. The highest BCUT2D eigenvalue weighted by molar-refractivity contribution is 6.29. The summed E-state index contributed by atoms with van der Waals surface area (Å²) in [6.45, 7) is 2.78. The van der Waals surface area contributed by atoms with E-state index in [0.717, 1.165) is 5.01 Å². The molecule has 4 N–H and O–H groups in total. The Morgan fingerprint density at radius 1 is 1.53 bits per heavy atom. The maximum Gasteiger partial charge on any atom is 0.185 e. The average molecular weight is 259 g/mol. The molecule has 0 radical (unpaired) electrons. The van der Waals surface area contributed by atoms with Crippen molar-refractivity contribution in [2.75, 3.05) is 5.01 Å². The molecule has 0 atom stereocenters. The Bertz CT molecular complexity index is 485. The molecule has 5 nitrogen and oxygen atoms in total. The van der Waals surface area contributed by atoms with Crippen LogP contribution in [0.2, 0.25) is 5.15 Å². The first kappa shape index (κ1) is 13.4. The lowest BCUT2D eigenvalue weighted by Gasteiger charge is -2.21. The molecule has 0 amide bonds. The van der Waals surface area contributed by atoms with Gasteiger partial charge in [-0.2, -0.15) is 0 Å². The molecule has 0 unspecified atom stereocenters. The summed E-state index contributed by atoms with van der Waals surface area (Å²) in [5.74, 6) is 4.48. The molecule has 0 aromatic carbocycles. The van der Waals surface area contributed by atoms with Crippen LogP contribution in [0.25, 0.3) is 0 Å². The molecule has 1 aromatic rings. The number of halogens is 2. The Morgan fingerprint density at radius 3 is 2.59 bits per heavy atom. The molecule has 0 aliphatic carbocycles. The second-order valence-electron chi connectivity index (χ2n) is 3.39. The minimum atomic E-state index is -0.809. The second-order valence-corrected chi connectivity index (χ2v) is 3.75. The first-order valence-corrected chi connectivity index (χ1v) is 5.06. The van der Waals surface area contributed by atoms with Crippen LogP contribution in [0.3, 0.4) is 0 Å². The van der Waals surface area contributed by atoms with Crippen molar-refractivity contribution in [2.45, 2.75) is 13.8 Å². The highest BCUT2D eigenvalue weighted by atomic mass is 35.5. The van der Waals surface area contributed by atoms with Crippen LogP contribution in [0.1, 0.15) is 13.8 Å². The number of carbonyl (C=O) groups excluding carboxylic acids is 1. The van der Waals surface area contributed by atoms with Gasteiger partial charge in [0.2, 0.25) is 0 Å². The summed E-state index contributed by atoms with van der Waals surface area (Å²) in [6, 6.07) is 1.30. The zero-order valence-corrected chi connectivity index (χ0v) is 10.1. The third-order valence-corrected chi connectivity index (χ3v) is 2.30. The van der Waals surface area contributed by atoms with E-state index in [-0.39, 0.29) is 28.0 Å². The van der Waals surface area contributed by atoms with Gasteiger partial charge in [-0.15, -0.1) is 0 Å². The molecule has 1 aromatic heterocycles. The Balaban J connectivity index is 3.29. The quantitative estimate of drug-likeness (QED) is 0.370. The summed E-state index contributed by atoms with van der Waals surface area (Å²) in [5, 5.41) is 0.538. The van der Waals surface area contributed by atoms with Crippen LogP contribution in [0.4, 0.5) is 10.1 Å². The number of aromatic nitrogens is 1. The van der Waals surface area contributed by atoms with Crippen LogP contribution in [-0.4, -0.2) is 10.8 Å². The van der Waals surface area contributed by atoms with E-state index in [0.29, 0.717) is 0 Å². The van der Waals surface area contributed by atoms with Gasteiger partial charge in [-0.25, -0.2) is 15.2 Å². The number of ketones is 1. The minimum absolute atomic E-state index is 0.00571. The highest BCUT2D eigenvalue weighted by Gasteiger charge is 2.19. The number of nitrogens with two attached hydrogens (primary N) is 2. The van der Waals surface area contributed by atoms with Crippen LogP contribution in [-0.2, 0) is 4.79 Å². The van der Waals surface area contributed by atoms with Crippen molar-refractivity contribution in [3.05, 3.63) is 34.6 Å². The van der Waals surface area contributed by atoms with Crippen molar-refractivity contribution in [2.24, 2.45) is 11.6 Å². The van der Waals surface area contributed by atoms with Crippen molar-refractivity contribution in [1.29, 1.82) is 0 Å². The molecule has 0 saturated heterocycles. The SMILES string of the molecule is CC(=O)/C(=C(\C)N)N(N)c1ccnc(Cl)c1F. The van der Waals surface area contributed by atoms with E-state index in [1.165, 1.54) is 26.1 Å². The molecule has 0 aliphatic heterocycles. The summed E-state index contributed by atoms with van der Waals surface area (Å²) in [7, 11) is 0. The van der Waals surface area contributed by atoms with Crippen LogP contribution < -0.4 is 16.6 Å². The molecule has 1 heterocycles. The number of anilines is 1. The highest BCUT2D eigenvalue weighted by Crippen LogP contribution is 2.24. The predicted octanol–water partition coefficient (Wildman–Crippen LogP) is 1.33. The zero-order chi connectivity index (χ0) is 13.2. The molecule has 0 fully saturated rings. The van der Waals surface area contributed by atoms with Crippen LogP contribution in [0.15, 0.2) is 23.7 Å². The maximum absolute atomic E-state index is 13.6. The summed E-state index contributed by atoms with van der Waals surface area (Å²) < 4.78 is 13.6. The van der Waals surface area contributed by atoms with Crippen molar-refractivity contribution in [1.82, 2.24) is 4.98 Å². The van der Waals surface area contributed by atoms with E-state index >= 15 is 0 Å². The number of carbonyl (C=O) groups is 1. The molecular weight excluding hydrogens is 247 g/mol. The Kier molecular flexibility index (Phi) is 4.03. The van der Waals surface area contributed by atoms with Gasteiger partial charge >= 0.3 is 0 Å². The van der Waals surface area contributed by atoms with E-state index in [4.69, 9.17) is 23.2 Å². The number of hydrogen-bond donors (Lipinski definition) is 2. The minimum Gasteiger partial charge on any atom is -0.400 e. The summed E-state index contributed by atoms with van der Waals surface area (Å²) >= 11 is 5.52. The number of Topliss-reactive ketones (excluding diaryl/α,β-unsaturated/α-hetero) is 1. The largest absolute Gasteiger partial charge is 0.400 e. The van der Waals surface area contributed by atoms with Gasteiger partial charge in [0.15, 0.2) is 16.8 Å². The molecule has 0 aliphatic rings. The number of rotatable bonds is 3. The van der Waals surface area contributed by atoms with Gasteiger partial charge in [0.05, 0.1) is 5.69 Å². The van der Waals surface area contributed by atoms with E-state index in [2.05, 4.69) is 4.98 Å². The van der Waals surface area contributed by atoms with E-state index in [1.54, 1.807) is 0 Å². The maximum atomic E-state index is 13.6. The lowest BCUT2D eigenvalue weighted by molar-refractivity contribution is -0.113. The Hall–Kier alpha value is -1.66. The number of pyridine rings is 1. The van der Waals surface area contributed by atoms with E-state index < -0.39 is 5.82 Å². The molecule has 92 valence electrons. The van der Waals surface area contributed by atoms with Gasteiger partial charge in [-0.1, -0.05) is 11.6 Å². The van der Waals surface area contributed by atoms with Gasteiger partial charge in [0.25, 0.3) is 0 Å². The molecule has 0 saturated carbocycles.